The number of carbonyl (C=O) groups excluding carboxylic acids is 2. The molecule has 0 aromatic rings. The number of carbonyl (C=O) groups is 2. The summed E-state index contributed by atoms with van der Waals surface area (Å²) in [6, 6.07) is 0. The van der Waals surface area contributed by atoms with E-state index >= 15 is 4.39 Å². The molecule has 0 heterocycles. The van der Waals surface area contributed by atoms with E-state index in [2.05, 4.69) is 0 Å². The van der Waals surface area contributed by atoms with E-state index in [0.717, 1.165) is 6.08 Å². The monoisotopic (exact) mass is 428 g/mol. The van der Waals surface area contributed by atoms with Crippen LogP contribution in [0.5, 0.6) is 0 Å². The standard InChI is InChI=1S/C22H27ClF2O4/c1-10-7-12-13-8-14(23)17-18(24)15(27)5-6-19(17,3)21(13,25)16(28)9-20(12,4)22(10,29)11(2)26/h5-6,10,12-14,16,28-29H,7-9H2,1-4H3/t10?,12-,13-,14?,16?,19-,20-,21-,22-/m0/s1. The third-order valence-corrected chi connectivity index (χ3v) is 9.22. The van der Waals surface area contributed by atoms with Crippen LogP contribution in [0.15, 0.2) is 23.6 Å². The molecule has 7 heteroatoms. The van der Waals surface area contributed by atoms with Crippen molar-refractivity contribution in [2.75, 3.05) is 0 Å². The summed E-state index contributed by atoms with van der Waals surface area (Å²) in [5, 5.41) is 21.6. The molecule has 3 fully saturated rings. The lowest BCUT2D eigenvalue weighted by atomic mass is 9.44. The molecule has 29 heavy (non-hydrogen) atoms. The molecule has 4 aliphatic rings. The van der Waals surface area contributed by atoms with Gasteiger partial charge in [-0.2, -0.15) is 0 Å². The van der Waals surface area contributed by atoms with Gasteiger partial charge in [0.15, 0.2) is 17.3 Å². The summed E-state index contributed by atoms with van der Waals surface area (Å²) in [6.45, 7) is 6.31. The van der Waals surface area contributed by atoms with Gasteiger partial charge in [-0.15, -0.1) is 11.6 Å². The average Bonchev–Trinajstić information content (AvgIpc) is 2.83. The quantitative estimate of drug-likeness (QED) is 0.627. The number of hydrogen-bond acceptors (Lipinski definition) is 4. The second kappa shape index (κ2) is 5.98. The van der Waals surface area contributed by atoms with Crippen LogP contribution in [0.2, 0.25) is 0 Å². The topological polar surface area (TPSA) is 74.6 Å². The lowest BCUT2D eigenvalue weighted by molar-refractivity contribution is -0.218. The predicted molar refractivity (Wildman–Crippen MR) is 104 cm³/mol. The molecule has 0 bridgehead atoms. The third-order valence-electron chi connectivity index (χ3n) is 8.82. The Morgan fingerprint density at radius 2 is 1.90 bits per heavy atom. The summed E-state index contributed by atoms with van der Waals surface area (Å²) in [5.74, 6) is -3.93. The van der Waals surface area contributed by atoms with E-state index in [9.17, 15) is 24.2 Å². The number of aliphatic hydroxyl groups is 2. The summed E-state index contributed by atoms with van der Waals surface area (Å²) >= 11 is 6.51. The molecule has 0 aliphatic heterocycles. The SMILES string of the molecule is CC(=O)[C@@]1(O)C(C)C[C@H]2[C@@H]3CC(Cl)C4=C(F)C(=O)C=C[C@]4(C)[C@@]3(F)C(O)C[C@@]21C. The fraction of sp³-hybridized carbons (Fsp3) is 0.727. The van der Waals surface area contributed by atoms with Crippen LogP contribution in [0, 0.1) is 28.6 Å². The Bertz CT molecular complexity index is 871. The lowest BCUT2D eigenvalue weighted by Gasteiger charge is -2.63. The molecular weight excluding hydrogens is 402 g/mol. The van der Waals surface area contributed by atoms with Crippen LogP contribution in [0.1, 0.15) is 47.0 Å². The first kappa shape index (κ1) is 21.1. The number of rotatable bonds is 1. The molecule has 0 saturated heterocycles. The van der Waals surface area contributed by atoms with E-state index < -0.39 is 68.7 Å². The molecule has 3 saturated carbocycles. The molecule has 4 rings (SSSR count). The molecule has 0 aromatic carbocycles. The van der Waals surface area contributed by atoms with Gasteiger partial charge in [0, 0.05) is 22.3 Å². The maximum atomic E-state index is 17.0. The van der Waals surface area contributed by atoms with Crippen LogP contribution in [0.4, 0.5) is 8.78 Å². The molecule has 2 N–H and O–H groups in total. The van der Waals surface area contributed by atoms with Crippen molar-refractivity contribution in [3.63, 3.8) is 0 Å². The van der Waals surface area contributed by atoms with Gasteiger partial charge in [0.05, 0.1) is 11.5 Å². The maximum Gasteiger partial charge on any atom is 0.213 e. The van der Waals surface area contributed by atoms with E-state index in [1.165, 1.54) is 19.9 Å². The maximum absolute atomic E-state index is 17.0. The Balaban J connectivity index is 1.91. The zero-order chi connectivity index (χ0) is 21.7. The molecule has 3 unspecified atom stereocenters. The Hall–Kier alpha value is -1.11. The normalized spacial score (nSPS) is 54.1. The summed E-state index contributed by atoms with van der Waals surface area (Å²) in [6.07, 6.45) is 1.08. The Labute approximate surface area is 174 Å². The van der Waals surface area contributed by atoms with Crippen molar-refractivity contribution in [2.24, 2.45) is 28.6 Å². The van der Waals surface area contributed by atoms with Gasteiger partial charge in [0.1, 0.15) is 5.60 Å². The number of halogens is 3. The average molecular weight is 429 g/mol. The van der Waals surface area contributed by atoms with Crippen molar-refractivity contribution in [3.05, 3.63) is 23.6 Å². The predicted octanol–water partition coefficient (Wildman–Crippen LogP) is 3.44. The molecule has 160 valence electrons. The van der Waals surface area contributed by atoms with Gasteiger partial charge in [-0.1, -0.05) is 19.9 Å². The molecule has 9 atom stereocenters. The van der Waals surface area contributed by atoms with Gasteiger partial charge in [-0.05, 0) is 51.0 Å². The highest BCUT2D eigenvalue weighted by Gasteiger charge is 2.76. The number of ketones is 2. The van der Waals surface area contributed by atoms with E-state index in [1.54, 1.807) is 13.8 Å². The van der Waals surface area contributed by atoms with E-state index in [4.69, 9.17) is 11.6 Å². The van der Waals surface area contributed by atoms with Gasteiger partial charge in [0.25, 0.3) is 0 Å². The van der Waals surface area contributed by atoms with E-state index in [0.29, 0.717) is 6.42 Å². The van der Waals surface area contributed by atoms with Gasteiger partial charge in [-0.25, -0.2) is 8.78 Å². The van der Waals surface area contributed by atoms with Crippen molar-refractivity contribution in [1.29, 1.82) is 0 Å². The highest BCUT2D eigenvalue weighted by molar-refractivity contribution is 6.23. The smallest absolute Gasteiger partial charge is 0.213 e. The number of allylic oxidation sites excluding steroid dienone is 4. The summed E-state index contributed by atoms with van der Waals surface area (Å²) in [7, 11) is 0. The molecule has 0 spiro atoms. The molecule has 4 nitrogen and oxygen atoms in total. The number of aliphatic hydroxyl groups excluding tert-OH is 1. The van der Waals surface area contributed by atoms with Crippen LogP contribution in [-0.2, 0) is 9.59 Å². The first-order valence-electron chi connectivity index (χ1n) is 10.1. The Morgan fingerprint density at radius 1 is 1.28 bits per heavy atom. The van der Waals surface area contributed by atoms with Crippen molar-refractivity contribution < 1.29 is 28.6 Å². The largest absolute Gasteiger partial charge is 0.390 e. The van der Waals surface area contributed by atoms with Crippen molar-refractivity contribution >= 4 is 23.2 Å². The van der Waals surface area contributed by atoms with Crippen molar-refractivity contribution in [3.8, 4) is 0 Å². The highest BCUT2D eigenvalue weighted by Crippen LogP contribution is 2.71. The molecule has 0 amide bonds. The minimum Gasteiger partial charge on any atom is -0.390 e. The lowest BCUT2D eigenvalue weighted by Crippen LogP contribution is -2.70. The van der Waals surface area contributed by atoms with Crippen LogP contribution < -0.4 is 0 Å². The fourth-order valence-electron chi connectivity index (χ4n) is 7.38. The zero-order valence-corrected chi connectivity index (χ0v) is 17.8. The minimum atomic E-state index is -2.27. The van der Waals surface area contributed by atoms with Gasteiger partial charge in [0.2, 0.25) is 5.78 Å². The minimum absolute atomic E-state index is 0.0234. The number of fused-ring (bicyclic) bond motifs is 5. The third kappa shape index (κ3) is 2.16. The van der Waals surface area contributed by atoms with Crippen LogP contribution in [0.3, 0.4) is 0 Å². The number of hydrogen-bond donors (Lipinski definition) is 2. The molecule has 4 aliphatic carbocycles. The molecule has 0 aromatic heterocycles. The van der Waals surface area contributed by atoms with E-state index in [1.807, 2.05) is 0 Å². The van der Waals surface area contributed by atoms with Crippen molar-refractivity contribution in [1.82, 2.24) is 0 Å². The van der Waals surface area contributed by atoms with E-state index in [-0.39, 0.29) is 18.4 Å². The number of alkyl halides is 2. The first-order valence-corrected chi connectivity index (χ1v) is 10.6. The fourth-order valence-corrected chi connectivity index (χ4v) is 7.90. The summed E-state index contributed by atoms with van der Waals surface area (Å²) < 4.78 is 31.7. The van der Waals surface area contributed by atoms with Gasteiger partial charge >= 0.3 is 0 Å². The van der Waals surface area contributed by atoms with Gasteiger partial charge in [-0.3, -0.25) is 9.59 Å². The molecule has 0 radical (unpaired) electrons. The van der Waals surface area contributed by atoms with Crippen LogP contribution >= 0.6 is 11.6 Å². The van der Waals surface area contributed by atoms with Crippen molar-refractivity contribution in [2.45, 2.75) is 69.7 Å². The highest BCUT2D eigenvalue weighted by atomic mass is 35.5. The number of Topliss-reactive ketones (excluding diaryl/α,β-unsaturated/α-hetero) is 1. The summed E-state index contributed by atoms with van der Waals surface area (Å²) in [4.78, 5) is 24.3. The summed E-state index contributed by atoms with van der Waals surface area (Å²) in [5.41, 5.74) is -6.67. The Kier molecular flexibility index (Phi) is 4.36. The first-order chi connectivity index (χ1) is 13.3. The second-order valence-corrected chi connectivity index (χ2v) is 10.4. The molecular formula is C22H27ClF2O4. The zero-order valence-electron chi connectivity index (χ0n) is 17.0. The van der Waals surface area contributed by atoms with Gasteiger partial charge < -0.3 is 10.2 Å². The van der Waals surface area contributed by atoms with Crippen LogP contribution in [-0.4, -0.2) is 44.5 Å². The van der Waals surface area contributed by atoms with Crippen LogP contribution in [0.25, 0.3) is 0 Å². The second-order valence-electron chi connectivity index (χ2n) is 9.91. The Morgan fingerprint density at radius 3 is 2.48 bits per heavy atom.